The molecule has 2 aliphatic heterocycles. The van der Waals surface area contributed by atoms with Gasteiger partial charge in [0.25, 0.3) is 0 Å². The second-order valence-corrected chi connectivity index (χ2v) is 28.7. The Hall–Kier alpha value is -6.91. The molecule has 0 atom stereocenters. The van der Waals surface area contributed by atoms with Crippen LogP contribution in [-0.4, -0.2) is 98.8 Å². The average molecular weight is 1450 g/mol. The van der Waals surface area contributed by atoms with Gasteiger partial charge in [0.15, 0.2) is 23.0 Å². The van der Waals surface area contributed by atoms with Crippen LogP contribution in [-0.2, 0) is 48.1 Å². The topological polar surface area (TPSA) is 92.3 Å². The summed E-state index contributed by atoms with van der Waals surface area (Å²) in [6.07, 6.45) is 12.7. The van der Waals surface area contributed by atoms with Gasteiger partial charge in [-0.3, -0.25) is 0 Å². The molecule has 0 amide bonds. The number of hydrogen-bond acceptors (Lipinski definition) is 17. The lowest BCUT2D eigenvalue weighted by Crippen LogP contribution is -2.14. The maximum atomic E-state index is 6.14. The minimum atomic E-state index is 0. The molecule has 98 heavy (non-hydrogen) atoms. The number of rotatable bonds is 24. The zero-order valence-electron chi connectivity index (χ0n) is 55.5. The zero-order valence-corrected chi connectivity index (χ0v) is 61.2. The molecule has 4 aliphatic rings. The molecule has 11 aromatic rings. The van der Waals surface area contributed by atoms with E-state index in [1.807, 2.05) is 120 Å². The van der Waals surface area contributed by atoms with Gasteiger partial charge >= 0.3 is 0 Å². The number of fused-ring (bicyclic) bond motifs is 5. The van der Waals surface area contributed by atoms with Crippen molar-refractivity contribution in [2.24, 2.45) is 0 Å². The Morgan fingerprint density at radius 2 is 0.776 bits per heavy atom. The van der Waals surface area contributed by atoms with Crippen LogP contribution in [0.1, 0.15) is 55.5 Å². The zero-order chi connectivity index (χ0) is 66.9. The highest BCUT2D eigenvalue weighted by molar-refractivity contribution is 7.98. The standard InChI is InChI=1S/C42H46O10S6.C13H10.C7H8S.C7H8.C6H6.C5H6.CH4/c1-3-43-9-11-45-13-15-47-23-27-21-35(57-39(27)41-37-29(25-53-41)49-17-19-51-37)33-7-5-31(55-33)32-6-8-34(56-32)36-22-28(24-48-16-14-46-12-10-44-4-2)40(58-36)42-38-30(26-54-42)50-18-20-52-38;1-3-7-12-10(5-1)9-11-6-2-4-8-13(11)12;1-8-7-5-3-2-4-6-7;1-7-5-3-2-4-6-7;1-2-4-6-5-3-1;1-2-4-5-3-1;/h5-8,21-22,25-26H,3-4,9-20,23-24H2,1-2H3;1-8H,9H2;2-6H,1H3;2-6H,1H3;1-6H;1-4H,5H2;1H4. The summed E-state index contributed by atoms with van der Waals surface area (Å²) in [5.41, 5.74) is 9.34. The number of thiophene rings is 6. The number of thioether (sulfide) groups is 1. The minimum absolute atomic E-state index is 0. The van der Waals surface area contributed by atoms with E-state index >= 15 is 0 Å². The molecule has 0 unspecified atom stereocenters. The van der Waals surface area contributed by atoms with E-state index in [0.717, 1.165) is 66.5 Å². The lowest BCUT2D eigenvalue weighted by Gasteiger charge is -2.16. The predicted molar refractivity (Wildman–Crippen MR) is 417 cm³/mol. The van der Waals surface area contributed by atoms with Gasteiger partial charge in [-0.25, -0.2) is 0 Å². The molecule has 2 aliphatic carbocycles. The second-order valence-electron chi connectivity index (χ2n) is 21.8. The van der Waals surface area contributed by atoms with Crippen molar-refractivity contribution < 1.29 is 47.4 Å². The summed E-state index contributed by atoms with van der Waals surface area (Å²) in [6, 6.07) is 63.4. The number of benzene rings is 5. The average Bonchev–Trinajstić information content (AvgIpc) is 1.64. The van der Waals surface area contributed by atoms with Gasteiger partial charge in [0, 0.05) is 58.1 Å². The Bertz CT molecular complexity index is 3850. The van der Waals surface area contributed by atoms with Gasteiger partial charge in [0.1, 0.15) is 26.4 Å². The summed E-state index contributed by atoms with van der Waals surface area (Å²) in [5, 5.41) is 4.09. The van der Waals surface area contributed by atoms with Crippen molar-refractivity contribution in [3.8, 4) is 82.9 Å². The molecular weight excluding hydrogens is 1360 g/mol. The molecule has 0 spiro atoms. The van der Waals surface area contributed by atoms with Crippen LogP contribution in [0.5, 0.6) is 23.0 Å². The molecule has 5 aromatic carbocycles. The van der Waals surface area contributed by atoms with Gasteiger partial charge in [-0.1, -0.05) is 171 Å². The maximum absolute atomic E-state index is 6.14. The molecule has 10 nitrogen and oxygen atoms in total. The van der Waals surface area contributed by atoms with Crippen LogP contribution in [0.2, 0.25) is 0 Å². The minimum Gasteiger partial charge on any atom is -0.485 e. The second kappa shape index (κ2) is 42.3. The van der Waals surface area contributed by atoms with Crippen molar-refractivity contribution in [3.63, 3.8) is 0 Å². The van der Waals surface area contributed by atoms with Gasteiger partial charge in [0.05, 0.1) is 85.6 Å². The van der Waals surface area contributed by atoms with E-state index in [4.69, 9.17) is 47.4 Å². The van der Waals surface area contributed by atoms with Gasteiger partial charge in [-0.2, -0.15) is 0 Å². The summed E-state index contributed by atoms with van der Waals surface area (Å²) in [4.78, 5) is 13.1. The van der Waals surface area contributed by atoms with Crippen LogP contribution in [0.3, 0.4) is 0 Å². The highest BCUT2D eigenvalue weighted by Crippen LogP contribution is 2.54. The van der Waals surface area contributed by atoms with Crippen LogP contribution in [0.25, 0.3) is 59.9 Å². The molecule has 514 valence electrons. The van der Waals surface area contributed by atoms with E-state index in [9.17, 15) is 0 Å². The van der Waals surface area contributed by atoms with Crippen LogP contribution in [0.15, 0.2) is 222 Å². The monoisotopic (exact) mass is 1440 g/mol. The molecule has 0 fully saturated rings. The first kappa shape index (κ1) is 75.3. The summed E-state index contributed by atoms with van der Waals surface area (Å²) >= 11 is 12.3. The molecule has 0 saturated heterocycles. The normalized spacial score (nSPS) is 12.4. The third-order valence-corrected chi connectivity index (χ3v) is 23.0. The van der Waals surface area contributed by atoms with Gasteiger partial charge in [0.2, 0.25) is 0 Å². The lowest BCUT2D eigenvalue weighted by atomic mass is 10.1. The van der Waals surface area contributed by atoms with Crippen molar-refractivity contribution in [3.05, 3.63) is 245 Å². The molecule has 0 saturated carbocycles. The van der Waals surface area contributed by atoms with Crippen molar-refractivity contribution in [1.82, 2.24) is 0 Å². The summed E-state index contributed by atoms with van der Waals surface area (Å²) in [5.74, 6) is 3.29. The van der Waals surface area contributed by atoms with E-state index in [2.05, 4.69) is 147 Å². The number of ether oxygens (including phenoxy) is 10. The first-order valence-electron chi connectivity index (χ1n) is 32.7. The fraction of sp³-hybridized carbons (Fsp3) is 0.284. The highest BCUT2D eigenvalue weighted by Gasteiger charge is 2.27. The quantitative estimate of drug-likeness (QED) is 0.0428. The molecule has 15 rings (SSSR count). The lowest BCUT2D eigenvalue weighted by molar-refractivity contribution is 0.0129. The third-order valence-electron chi connectivity index (χ3n) is 14.9. The Morgan fingerprint density at radius 3 is 1.16 bits per heavy atom. The number of hydrogen-bond donors (Lipinski definition) is 0. The predicted octanol–water partition coefficient (Wildman–Crippen LogP) is 22.6. The van der Waals surface area contributed by atoms with Crippen LogP contribution < -0.4 is 18.9 Å². The van der Waals surface area contributed by atoms with Gasteiger partial charge in [-0.05, 0) is 122 Å². The summed E-state index contributed by atoms with van der Waals surface area (Å²) in [6.45, 7) is 15.0. The molecule has 8 heterocycles. The summed E-state index contributed by atoms with van der Waals surface area (Å²) in [7, 11) is 0. The summed E-state index contributed by atoms with van der Waals surface area (Å²) < 4.78 is 58.4. The number of allylic oxidation sites excluding steroid dienone is 4. The van der Waals surface area contributed by atoms with Crippen LogP contribution in [0, 0.1) is 6.92 Å². The molecule has 0 radical (unpaired) electrons. The maximum Gasteiger partial charge on any atom is 0.180 e. The first-order valence-corrected chi connectivity index (χ1v) is 39.0. The third kappa shape index (κ3) is 22.8. The Morgan fingerprint density at radius 1 is 0.398 bits per heavy atom. The van der Waals surface area contributed by atoms with E-state index in [1.165, 1.54) is 62.0 Å². The SMILES string of the molecule is C.C1=CCC=C1.CCOCCOCCOCc1cc(-c2ccc(-c3ccc(-c4cc(COCCOCCOCC)c(-c5scc6c5OCCO6)s4)s3)s2)sc1-c1scc2c1OCCO2.CSc1ccccc1.Cc1ccccc1.c1ccc2c(c1)Cc1ccccc1-2.c1ccccc1. The van der Waals surface area contributed by atoms with E-state index in [-0.39, 0.29) is 7.43 Å². The Labute approximate surface area is 608 Å². The molecule has 0 bridgehead atoms. The first-order chi connectivity index (χ1) is 48.0. The van der Waals surface area contributed by atoms with Gasteiger partial charge in [-0.15, -0.1) is 79.8 Å². The van der Waals surface area contributed by atoms with Crippen molar-refractivity contribution in [1.29, 1.82) is 0 Å². The van der Waals surface area contributed by atoms with E-state index in [1.54, 1.807) is 57.1 Å². The Balaban J connectivity index is 0.000000221. The van der Waals surface area contributed by atoms with E-state index in [0.29, 0.717) is 106 Å². The van der Waals surface area contributed by atoms with E-state index < -0.39 is 0 Å². The molecular formula is C81H88O10S7. The van der Waals surface area contributed by atoms with Crippen LogP contribution in [0.4, 0.5) is 0 Å². The molecule has 0 N–H and O–H groups in total. The van der Waals surface area contributed by atoms with Crippen molar-refractivity contribution in [2.45, 2.75) is 59.1 Å². The van der Waals surface area contributed by atoms with Crippen molar-refractivity contribution >= 4 is 79.8 Å². The van der Waals surface area contributed by atoms with Crippen LogP contribution >= 0.6 is 79.8 Å². The fourth-order valence-electron chi connectivity index (χ4n) is 10.2. The van der Waals surface area contributed by atoms with Gasteiger partial charge < -0.3 is 47.4 Å². The van der Waals surface area contributed by atoms with Crippen molar-refractivity contribution in [2.75, 3.05) is 98.8 Å². The molecule has 17 heteroatoms. The fourth-order valence-corrected chi connectivity index (χ4v) is 17.5. The largest absolute Gasteiger partial charge is 0.485 e. The molecule has 6 aromatic heterocycles. The highest BCUT2D eigenvalue weighted by atomic mass is 32.2. The Kier molecular flexibility index (Phi) is 32.5. The number of aryl methyl sites for hydroxylation is 1. The smallest absolute Gasteiger partial charge is 0.180 e.